The van der Waals surface area contributed by atoms with Gasteiger partial charge < -0.3 is 4.90 Å². The van der Waals surface area contributed by atoms with Gasteiger partial charge in [0.2, 0.25) is 0 Å². The molecule has 118 valence electrons. The van der Waals surface area contributed by atoms with Crippen molar-refractivity contribution in [2.45, 2.75) is 0 Å². The van der Waals surface area contributed by atoms with Gasteiger partial charge in [-0.1, -0.05) is 72.8 Å². The molecule has 0 saturated carbocycles. The Hall–Kier alpha value is -1.26. The maximum Gasteiger partial charge on any atom is 0.0226 e. The van der Waals surface area contributed by atoms with Crippen molar-refractivity contribution in [3.05, 3.63) is 83.4 Å². The van der Waals surface area contributed by atoms with Gasteiger partial charge in [0.1, 0.15) is 0 Å². The molecule has 0 saturated heterocycles. The zero-order chi connectivity index (χ0) is 16.2. The Morgan fingerprint density at radius 1 is 0.870 bits per heavy atom. The zero-order valence-corrected chi connectivity index (χ0v) is 15.7. The van der Waals surface area contributed by atoms with Crippen LogP contribution in [0.4, 0.5) is 0 Å². The lowest BCUT2D eigenvalue weighted by Gasteiger charge is -2.28. The first-order valence-corrected chi connectivity index (χ1v) is 9.81. The monoisotopic (exact) mass is 339 g/mol. The standard InChI is InChI=1S/C20H23NP2/c1-21(2)15-18-19(22)13-14-20(18)23(16-9-5-3-6-10-16)17-11-7-4-8-12-17/h3-14,18H,15,22H2,1-2H3. The van der Waals surface area contributed by atoms with Gasteiger partial charge in [-0.3, -0.25) is 0 Å². The molecule has 0 spiro atoms. The number of hydrogen-bond donors (Lipinski definition) is 0. The summed E-state index contributed by atoms with van der Waals surface area (Å²) in [5.74, 6) is 0.488. The second-order valence-electron chi connectivity index (χ2n) is 6.08. The largest absolute Gasteiger partial charge is 0.308 e. The van der Waals surface area contributed by atoms with Crippen LogP contribution in [0.5, 0.6) is 0 Å². The Labute approximate surface area is 143 Å². The second-order valence-corrected chi connectivity index (χ2v) is 8.97. The van der Waals surface area contributed by atoms with E-state index in [1.165, 1.54) is 15.9 Å². The van der Waals surface area contributed by atoms with Crippen LogP contribution in [0, 0.1) is 5.92 Å². The molecule has 0 aromatic heterocycles. The molecule has 2 atom stereocenters. The molecule has 1 nitrogen and oxygen atoms in total. The van der Waals surface area contributed by atoms with Crippen LogP contribution in [0.15, 0.2) is 83.4 Å². The van der Waals surface area contributed by atoms with Crippen molar-refractivity contribution in [3.63, 3.8) is 0 Å². The lowest BCUT2D eigenvalue weighted by Crippen LogP contribution is -2.24. The number of allylic oxidation sites excluding steroid dienone is 2. The molecular formula is C20H23NP2. The van der Waals surface area contributed by atoms with Crippen molar-refractivity contribution in [2.24, 2.45) is 5.92 Å². The molecule has 0 heterocycles. The van der Waals surface area contributed by atoms with Crippen molar-refractivity contribution in [1.29, 1.82) is 0 Å². The van der Waals surface area contributed by atoms with Crippen molar-refractivity contribution in [3.8, 4) is 0 Å². The van der Waals surface area contributed by atoms with E-state index >= 15 is 0 Å². The summed E-state index contributed by atoms with van der Waals surface area (Å²) in [7, 11) is 6.77. The van der Waals surface area contributed by atoms with Crippen molar-refractivity contribution in [1.82, 2.24) is 4.90 Å². The van der Waals surface area contributed by atoms with E-state index in [4.69, 9.17) is 0 Å². The molecule has 1 aliphatic rings. The maximum atomic E-state index is 2.94. The Kier molecular flexibility index (Phi) is 5.44. The Morgan fingerprint density at radius 2 is 1.39 bits per heavy atom. The van der Waals surface area contributed by atoms with Crippen LogP contribution in [-0.2, 0) is 0 Å². The molecule has 0 radical (unpaired) electrons. The summed E-state index contributed by atoms with van der Waals surface area (Å²) >= 11 is 0. The van der Waals surface area contributed by atoms with E-state index in [1.54, 1.807) is 5.31 Å². The van der Waals surface area contributed by atoms with Gasteiger partial charge in [0.05, 0.1) is 0 Å². The predicted molar refractivity (Wildman–Crippen MR) is 107 cm³/mol. The minimum Gasteiger partial charge on any atom is -0.308 e. The molecule has 0 amide bonds. The summed E-state index contributed by atoms with van der Waals surface area (Å²) < 4.78 is 0. The van der Waals surface area contributed by atoms with E-state index in [-0.39, 0.29) is 0 Å². The van der Waals surface area contributed by atoms with E-state index in [0.29, 0.717) is 5.92 Å². The highest BCUT2D eigenvalue weighted by Crippen LogP contribution is 2.51. The minimum absolute atomic E-state index is 0.480. The lowest BCUT2D eigenvalue weighted by molar-refractivity contribution is 0.383. The molecule has 2 aromatic carbocycles. The number of rotatable bonds is 5. The van der Waals surface area contributed by atoms with Crippen LogP contribution < -0.4 is 10.6 Å². The molecule has 3 heteroatoms. The summed E-state index contributed by atoms with van der Waals surface area (Å²) in [5, 5.41) is 5.80. The second kappa shape index (κ2) is 7.54. The van der Waals surface area contributed by atoms with Gasteiger partial charge in [-0.05, 0) is 43.3 Å². The highest BCUT2D eigenvalue weighted by Gasteiger charge is 2.29. The summed E-state index contributed by atoms with van der Waals surface area (Å²) in [6.07, 6.45) is 4.62. The highest BCUT2D eigenvalue weighted by molar-refractivity contribution is 7.76. The average Bonchev–Trinajstić information content (AvgIpc) is 2.90. The molecule has 0 fully saturated rings. The maximum absolute atomic E-state index is 2.94. The first-order chi connectivity index (χ1) is 11.2. The van der Waals surface area contributed by atoms with E-state index in [1.807, 2.05) is 0 Å². The quantitative estimate of drug-likeness (QED) is 0.746. The van der Waals surface area contributed by atoms with Crippen LogP contribution in [0.25, 0.3) is 0 Å². The molecular weight excluding hydrogens is 316 g/mol. The van der Waals surface area contributed by atoms with Gasteiger partial charge in [0, 0.05) is 12.5 Å². The third kappa shape index (κ3) is 3.81. The van der Waals surface area contributed by atoms with Gasteiger partial charge in [0.25, 0.3) is 0 Å². The summed E-state index contributed by atoms with van der Waals surface area (Å²) in [4.78, 5) is 2.28. The highest BCUT2D eigenvalue weighted by atomic mass is 31.1. The fourth-order valence-electron chi connectivity index (χ4n) is 2.98. The summed E-state index contributed by atoms with van der Waals surface area (Å²) in [5.41, 5.74) is 0. The number of benzene rings is 2. The van der Waals surface area contributed by atoms with E-state index in [0.717, 1.165) is 6.54 Å². The van der Waals surface area contributed by atoms with E-state index in [9.17, 15) is 0 Å². The van der Waals surface area contributed by atoms with Crippen LogP contribution in [0.1, 0.15) is 0 Å². The topological polar surface area (TPSA) is 3.24 Å². The molecule has 2 aromatic rings. The van der Waals surface area contributed by atoms with Crippen molar-refractivity contribution >= 4 is 27.8 Å². The Bertz CT molecular complexity index is 665. The smallest absolute Gasteiger partial charge is 0.0226 e. The first-order valence-electron chi connectivity index (χ1n) is 7.89. The average molecular weight is 339 g/mol. The van der Waals surface area contributed by atoms with Crippen molar-refractivity contribution in [2.75, 3.05) is 20.6 Å². The minimum atomic E-state index is -0.480. The molecule has 23 heavy (non-hydrogen) atoms. The third-order valence-corrected chi connectivity index (χ3v) is 7.24. The molecule has 0 bridgehead atoms. The third-order valence-electron chi connectivity index (χ3n) is 4.04. The molecule has 1 aliphatic carbocycles. The van der Waals surface area contributed by atoms with E-state index in [2.05, 4.69) is 101 Å². The summed E-state index contributed by atoms with van der Waals surface area (Å²) in [6.45, 7) is 1.06. The fraction of sp³-hybridized carbons (Fsp3) is 0.200. The lowest BCUT2D eigenvalue weighted by atomic mass is 10.1. The van der Waals surface area contributed by atoms with Gasteiger partial charge in [0.15, 0.2) is 0 Å². The number of nitrogens with zero attached hydrogens (tertiary/aromatic N) is 1. The zero-order valence-electron chi connectivity index (χ0n) is 13.7. The number of hydrogen-bond acceptors (Lipinski definition) is 1. The molecule has 3 rings (SSSR count). The predicted octanol–water partition coefficient (Wildman–Crippen LogP) is 3.95. The fourth-order valence-corrected chi connectivity index (χ4v) is 6.10. The van der Waals surface area contributed by atoms with Gasteiger partial charge in [-0.15, -0.1) is 9.24 Å². The van der Waals surface area contributed by atoms with Gasteiger partial charge in [-0.25, -0.2) is 0 Å². The van der Waals surface area contributed by atoms with Crippen LogP contribution in [0.3, 0.4) is 0 Å². The van der Waals surface area contributed by atoms with Crippen LogP contribution >= 0.6 is 17.2 Å². The Balaban J connectivity index is 2.03. The molecule has 0 N–H and O–H groups in total. The van der Waals surface area contributed by atoms with E-state index < -0.39 is 7.92 Å². The Morgan fingerprint density at radius 3 is 1.87 bits per heavy atom. The van der Waals surface area contributed by atoms with Crippen LogP contribution in [0.2, 0.25) is 0 Å². The molecule has 0 aliphatic heterocycles. The SMILES string of the molecule is CN(C)CC1C(P)=CC=C1P(c1ccccc1)c1ccccc1. The normalized spacial score (nSPS) is 17.5. The van der Waals surface area contributed by atoms with Gasteiger partial charge >= 0.3 is 0 Å². The van der Waals surface area contributed by atoms with Crippen LogP contribution in [-0.4, -0.2) is 25.5 Å². The summed E-state index contributed by atoms with van der Waals surface area (Å²) in [6, 6.07) is 21.9. The molecule has 2 unspecified atom stereocenters. The van der Waals surface area contributed by atoms with Crippen molar-refractivity contribution < 1.29 is 0 Å². The van der Waals surface area contributed by atoms with Gasteiger partial charge in [-0.2, -0.15) is 0 Å². The first kappa shape index (κ1) is 16.6.